The number of hydrogen-bond donors (Lipinski definition) is 2. The topological polar surface area (TPSA) is 68.0 Å². The zero-order chi connectivity index (χ0) is 13.0. The number of amides is 1. The number of hydrogen-bond acceptors (Lipinski definition) is 4. The fourth-order valence-corrected chi connectivity index (χ4v) is 2.34. The smallest absolute Gasteiger partial charge is 0.270 e. The van der Waals surface area contributed by atoms with Crippen LogP contribution in [0.3, 0.4) is 0 Å². The Hall–Kier alpha value is -2.01. The second kappa shape index (κ2) is 5.55. The van der Waals surface area contributed by atoms with E-state index >= 15 is 0 Å². The lowest BCUT2D eigenvalue weighted by Gasteiger charge is -2.06. The maximum absolute atomic E-state index is 11.7. The highest BCUT2D eigenvalue weighted by molar-refractivity contribution is 7.99. The Morgan fingerprint density at radius 3 is 2.67 bits per heavy atom. The van der Waals surface area contributed by atoms with E-state index in [1.165, 1.54) is 11.8 Å². The summed E-state index contributed by atoms with van der Waals surface area (Å²) in [7, 11) is 1.59. The van der Waals surface area contributed by atoms with Crippen LogP contribution in [0.2, 0.25) is 0 Å². The molecule has 1 aromatic heterocycles. The van der Waals surface area contributed by atoms with E-state index in [1.807, 2.05) is 36.4 Å². The summed E-state index contributed by atoms with van der Waals surface area (Å²) in [5, 5.41) is 2.58. The van der Waals surface area contributed by atoms with Gasteiger partial charge in [-0.25, -0.2) is 4.98 Å². The normalized spacial score (nSPS) is 10.1. The van der Waals surface area contributed by atoms with Crippen LogP contribution >= 0.6 is 11.8 Å². The molecule has 3 N–H and O–H groups in total. The maximum atomic E-state index is 11.7. The SMILES string of the molecule is CNC(=O)c1ncccc1Sc1ccc(N)cc1. The first-order valence-corrected chi connectivity index (χ1v) is 6.23. The van der Waals surface area contributed by atoms with Crippen LogP contribution in [0, 0.1) is 0 Å². The summed E-state index contributed by atoms with van der Waals surface area (Å²) >= 11 is 1.49. The number of nitrogens with zero attached hydrogens (tertiary/aromatic N) is 1. The molecule has 1 heterocycles. The summed E-state index contributed by atoms with van der Waals surface area (Å²) in [4.78, 5) is 17.6. The standard InChI is InChI=1S/C13H13N3OS/c1-15-13(17)12-11(3-2-8-16-12)18-10-6-4-9(14)5-7-10/h2-8H,14H2,1H3,(H,15,17). The maximum Gasteiger partial charge on any atom is 0.270 e. The zero-order valence-electron chi connectivity index (χ0n) is 9.88. The van der Waals surface area contributed by atoms with Gasteiger partial charge in [-0.15, -0.1) is 0 Å². The van der Waals surface area contributed by atoms with Crippen LogP contribution in [0.1, 0.15) is 10.5 Å². The lowest BCUT2D eigenvalue weighted by Crippen LogP contribution is -2.19. The minimum absolute atomic E-state index is 0.187. The van der Waals surface area contributed by atoms with Gasteiger partial charge in [-0.1, -0.05) is 11.8 Å². The summed E-state index contributed by atoms with van der Waals surface area (Å²) in [5.74, 6) is -0.187. The summed E-state index contributed by atoms with van der Waals surface area (Å²) in [6.45, 7) is 0. The molecule has 2 rings (SSSR count). The summed E-state index contributed by atoms with van der Waals surface area (Å²) < 4.78 is 0. The van der Waals surface area contributed by atoms with Crippen molar-refractivity contribution in [3.05, 3.63) is 48.3 Å². The van der Waals surface area contributed by atoms with Crippen molar-refractivity contribution in [3.8, 4) is 0 Å². The minimum atomic E-state index is -0.187. The monoisotopic (exact) mass is 259 g/mol. The number of nitrogens with two attached hydrogens (primary N) is 1. The van der Waals surface area contributed by atoms with Gasteiger partial charge in [-0.2, -0.15) is 0 Å². The molecule has 0 aliphatic rings. The Labute approximate surface area is 110 Å². The average molecular weight is 259 g/mol. The molecule has 18 heavy (non-hydrogen) atoms. The molecule has 92 valence electrons. The average Bonchev–Trinajstić information content (AvgIpc) is 2.41. The van der Waals surface area contributed by atoms with Crippen LogP contribution in [0.5, 0.6) is 0 Å². The highest BCUT2D eigenvalue weighted by Crippen LogP contribution is 2.29. The minimum Gasteiger partial charge on any atom is -0.399 e. The van der Waals surface area contributed by atoms with E-state index in [0.717, 1.165) is 15.5 Å². The Balaban J connectivity index is 2.28. The van der Waals surface area contributed by atoms with Crippen molar-refractivity contribution in [1.82, 2.24) is 10.3 Å². The van der Waals surface area contributed by atoms with Crippen molar-refractivity contribution in [3.63, 3.8) is 0 Å². The van der Waals surface area contributed by atoms with Crippen LogP contribution < -0.4 is 11.1 Å². The van der Waals surface area contributed by atoms with Gasteiger partial charge in [0.05, 0.1) is 0 Å². The van der Waals surface area contributed by atoms with E-state index in [9.17, 15) is 4.79 Å². The van der Waals surface area contributed by atoms with Gasteiger partial charge < -0.3 is 11.1 Å². The van der Waals surface area contributed by atoms with Gasteiger partial charge in [0.25, 0.3) is 5.91 Å². The number of anilines is 1. The lowest BCUT2D eigenvalue weighted by molar-refractivity contribution is 0.0955. The number of carbonyl (C=O) groups excluding carboxylic acids is 1. The molecule has 0 fully saturated rings. The lowest BCUT2D eigenvalue weighted by atomic mass is 10.3. The molecule has 1 amide bonds. The molecule has 2 aromatic rings. The third-order valence-corrected chi connectivity index (χ3v) is 3.38. The van der Waals surface area contributed by atoms with E-state index in [1.54, 1.807) is 13.2 Å². The van der Waals surface area contributed by atoms with Crippen LogP contribution in [0.25, 0.3) is 0 Å². The number of carbonyl (C=O) groups is 1. The fraction of sp³-hybridized carbons (Fsp3) is 0.0769. The van der Waals surface area contributed by atoms with Crippen molar-refractivity contribution in [1.29, 1.82) is 0 Å². The van der Waals surface area contributed by atoms with Gasteiger partial charge in [0.2, 0.25) is 0 Å². The van der Waals surface area contributed by atoms with Crippen molar-refractivity contribution in [2.45, 2.75) is 9.79 Å². The molecule has 0 aliphatic heterocycles. The van der Waals surface area contributed by atoms with Crippen molar-refractivity contribution in [2.75, 3.05) is 12.8 Å². The second-order valence-corrected chi connectivity index (χ2v) is 4.72. The number of rotatable bonds is 3. The molecule has 4 nitrogen and oxygen atoms in total. The Morgan fingerprint density at radius 1 is 1.28 bits per heavy atom. The number of pyridine rings is 1. The van der Waals surface area contributed by atoms with Crippen molar-refractivity contribution >= 4 is 23.4 Å². The number of nitrogen functional groups attached to an aromatic ring is 1. The predicted molar refractivity (Wildman–Crippen MR) is 72.6 cm³/mol. The first kappa shape index (κ1) is 12.4. The van der Waals surface area contributed by atoms with E-state index < -0.39 is 0 Å². The molecule has 0 unspecified atom stereocenters. The highest BCUT2D eigenvalue weighted by Gasteiger charge is 2.11. The zero-order valence-corrected chi connectivity index (χ0v) is 10.7. The molecule has 1 aromatic carbocycles. The summed E-state index contributed by atoms with van der Waals surface area (Å²) in [6, 6.07) is 11.2. The molecule has 0 saturated heterocycles. The molecule has 0 saturated carbocycles. The molecule has 0 aliphatic carbocycles. The van der Waals surface area contributed by atoms with Gasteiger partial charge in [-0.3, -0.25) is 4.79 Å². The number of nitrogens with one attached hydrogen (secondary N) is 1. The largest absolute Gasteiger partial charge is 0.399 e. The molecular weight excluding hydrogens is 246 g/mol. The number of benzene rings is 1. The molecule has 5 heteroatoms. The van der Waals surface area contributed by atoms with E-state index in [0.29, 0.717) is 5.69 Å². The number of aromatic nitrogens is 1. The van der Waals surface area contributed by atoms with Gasteiger partial charge in [0.15, 0.2) is 0 Å². The summed E-state index contributed by atoms with van der Waals surface area (Å²) in [5.41, 5.74) is 6.79. The van der Waals surface area contributed by atoms with E-state index in [4.69, 9.17) is 5.73 Å². The molecule has 0 spiro atoms. The third-order valence-electron chi connectivity index (χ3n) is 2.32. The third kappa shape index (κ3) is 2.81. The van der Waals surface area contributed by atoms with Gasteiger partial charge >= 0.3 is 0 Å². The first-order chi connectivity index (χ1) is 8.70. The molecular formula is C13H13N3OS. The van der Waals surface area contributed by atoms with Crippen LogP contribution in [-0.4, -0.2) is 17.9 Å². The first-order valence-electron chi connectivity index (χ1n) is 5.41. The van der Waals surface area contributed by atoms with Crippen LogP contribution in [0.4, 0.5) is 5.69 Å². The molecule has 0 atom stereocenters. The Morgan fingerprint density at radius 2 is 2.00 bits per heavy atom. The van der Waals surface area contributed by atoms with Crippen LogP contribution in [-0.2, 0) is 0 Å². The van der Waals surface area contributed by atoms with Gasteiger partial charge in [0.1, 0.15) is 5.69 Å². The van der Waals surface area contributed by atoms with Gasteiger partial charge in [-0.05, 0) is 36.4 Å². The van der Waals surface area contributed by atoms with Gasteiger partial charge in [0, 0.05) is 28.7 Å². The van der Waals surface area contributed by atoms with Crippen molar-refractivity contribution < 1.29 is 4.79 Å². The summed E-state index contributed by atoms with van der Waals surface area (Å²) in [6.07, 6.45) is 1.61. The van der Waals surface area contributed by atoms with E-state index in [2.05, 4.69) is 10.3 Å². The Kier molecular flexibility index (Phi) is 3.84. The van der Waals surface area contributed by atoms with Crippen molar-refractivity contribution in [2.24, 2.45) is 0 Å². The second-order valence-electron chi connectivity index (χ2n) is 3.60. The Bertz CT molecular complexity index is 554. The highest BCUT2D eigenvalue weighted by atomic mass is 32.2. The quantitative estimate of drug-likeness (QED) is 0.829. The predicted octanol–water partition coefficient (Wildman–Crippen LogP) is 2.17. The molecule has 0 radical (unpaired) electrons. The van der Waals surface area contributed by atoms with Crippen LogP contribution in [0.15, 0.2) is 52.4 Å². The fourth-order valence-electron chi connectivity index (χ4n) is 1.42. The van der Waals surface area contributed by atoms with E-state index in [-0.39, 0.29) is 5.91 Å². The molecule has 0 bridgehead atoms.